The second-order valence-corrected chi connectivity index (χ2v) is 19.7. The molecular weight excluding hydrogens is 808 g/mol. The number of carbonyl (C=O) groups excluding carboxylic acids is 1. The zero-order chi connectivity index (χ0) is 46.2. The molecular formula is C53H103N2O7P. The first kappa shape index (κ1) is 61.7. The van der Waals surface area contributed by atoms with Gasteiger partial charge in [-0.15, -0.1) is 0 Å². The normalized spacial score (nSPS) is 14.6. The maximum atomic E-state index is 12.9. The van der Waals surface area contributed by atoms with Crippen LogP contribution in [0.1, 0.15) is 258 Å². The average molecular weight is 911 g/mol. The third kappa shape index (κ3) is 47.0. The molecule has 10 heteroatoms. The lowest BCUT2D eigenvalue weighted by atomic mass is 10.0. The summed E-state index contributed by atoms with van der Waals surface area (Å²) < 4.78 is 22.2. The minimum atomic E-state index is -4.41. The van der Waals surface area contributed by atoms with Gasteiger partial charge in [0, 0.05) is 6.54 Å². The molecule has 4 atom stereocenters. The van der Waals surface area contributed by atoms with Crippen LogP contribution in [-0.4, -0.2) is 59.0 Å². The van der Waals surface area contributed by atoms with Crippen molar-refractivity contribution in [3.05, 3.63) is 36.5 Å². The van der Waals surface area contributed by atoms with Crippen molar-refractivity contribution in [3.63, 3.8) is 0 Å². The summed E-state index contributed by atoms with van der Waals surface area (Å²) in [6.45, 7) is 4.00. The predicted octanol–water partition coefficient (Wildman–Crippen LogP) is 14.8. The molecule has 4 unspecified atom stereocenters. The highest BCUT2D eigenvalue weighted by atomic mass is 31.2. The molecule has 6 N–H and O–H groups in total. The van der Waals surface area contributed by atoms with Gasteiger partial charge < -0.3 is 26.2 Å². The van der Waals surface area contributed by atoms with Gasteiger partial charge in [0.2, 0.25) is 5.91 Å². The maximum Gasteiger partial charge on any atom is 0.472 e. The number of hydrogen-bond acceptors (Lipinski definition) is 7. The molecule has 0 bridgehead atoms. The van der Waals surface area contributed by atoms with Gasteiger partial charge in [0.15, 0.2) is 0 Å². The predicted molar refractivity (Wildman–Crippen MR) is 269 cm³/mol. The monoisotopic (exact) mass is 911 g/mol. The van der Waals surface area contributed by atoms with E-state index in [1.807, 2.05) is 6.08 Å². The molecule has 0 radical (unpaired) electrons. The number of nitrogens with two attached hydrogens (primary N) is 1. The number of phosphoric ester groups is 1. The summed E-state index contributed by atoms with van der Waals surface area (Å²) in [4.78, 5) is 22.9. The summed E-state index contributed by atoms with van der Waals surface area (Å²) in [5.41, 5.74) is 5.39. The van der Waals surface area contributed by atoms with Gasteiger partial charge in [0.05, 0.1) is 37.9 Å². The Morgan fingerprint density at radius 1 is 0.556 bits per heavy atom. The molecule has 9 nitrogen and oxygen atoms in total. The standard InChI is InChI=1S/C53H103N2O7P/c1-3-5-7-9-11-13-15-17-19-21-23-25-26-28-30-32-34-36-38-40-42-44-50(56)48-53(58)55-51(49-62-63(59,60)61-47-46-54)52(57)45-43-41-39-37-35-33-31-29-27-24-22-20-18-16-14-12-10-8-6-4-2/h23,25,28,30,43,45,50-52,56-57H,3-22,24,26-27,29,31-42,44,46-49,54H2,1-2H3,(H,55,58)(H,59,60)/b25-23-,30-28-,45-43+. The Morgan fingerprint density at radius 3 is 1.35 bits per heavy atom. The number of hydrogen-bond donors (Lipinski definition) is 5. The van der Waals surface area contributed by atoms with E-state index in [-0.39, 0.29) is 19.6 Å². The van der Waals surface area contributed by atoms with Gasteiger partial charge in [0.1, 0.15) is 0 Å². The highest BCUT2D eigenvalue weighted by Gasteiger charge is 2.27. The summed E-state index contributed by atoms with van der Waals surface area (Å²) in [7, 11) is -4.41. The van der Waals surface area contributed by atoms with E-state index in [9.17, 15) is 24.5 Å². The van der Waals surface area contributed by atoms with Crippen molar-refractivity contribution in [2.75, 3.05) is 19.8 Å². The zero-order valence-corrected chi connectivity index (χ0v) is 42.1. The Morgan fingerprint density at radius 2 is 0.937 bits per heavy atom. The molecule has 63 heavy (non-hydrogen) atoms. The maximum absolute atomic E-state index is 12.9. The van der Waals surface area contributed by atoms with Crippen molar-refractivity contribution in [1.29, 1.82) is 0 Å². The number of aliphatic hydroxyl groups is 2. The molecule has 0 aromatic heterocycles. The molecule has 0 heterocycles. The Balaban J connectivity index is 4.20. The molecule has 0 rings (SSSR count). The van der Waals surface area contributed by atoms with Gasteiger partial charge in [-0.1, -0.05) is 237 Å². The molecule has 0 saturated heterocycles. The van der Waals surface area contributed by atoms with Gasteiger partial charge in [-0.3, -0.25) is 13.8 Å². The van der Waals surface area contributed by atoms with Crippen molar-refractivity contribution < 1.29 is 33.5 Å². The average Bonchev–Trinajstić information content (AvgIpc) is 3.26. The van der Waals surface area contributed by atoms with Crippen LogP contribution in [0.2, 0.25) is 0 Å². The van der Waals surface area contributed by atoms with Crippen molar-refractivity contribution >= 4 is 13.7 Å². The van der Waals surface area contributed by atoms with E-state index < -0.39 is 38.6 Å². The highest BCUT2D eigenvalue weighted by Crippen LogP contribution is 2.43. The summed E-state index contributed by atoms with van der Waals surface area (Å²) >= 11 is 0. The molecule has 0 aromatic rings. The first-order chi connectivity index (χ1) is 30.8. The van der Waals surface area contributed by atoms with Gasteiger partial charge >= 0.3 is 7.82 Å². The number of unbranched alkanes of at least 4 members (excludes halogenated alkanes) is 32. The van der Waals surface area contributed by atoms with Gasteiger partial charge in [-0.2, -0.15) is 0 Å². The lowest BCUT2D eigenvalue weighted by Crippen LogP contribution is -2.46. The summed E-state index contributed by atoms with van der Waals surface area (Å²) in [5.74, 6) is -0.451. The zero-order valence-electron chi connectivity index (χ0n) is 41.2. The van der Waals surface area contributed by atoms with Crippen LogP contribution in [0.25, 0.3) is 0 Å². The molecule has 0 saturated carbocycles. The lowest BCUT2D eigenvalue weighted by Gasteiger charge is -2.24. The Bertz CT molecular complexity index is 1100. The third-order valence-electron chi connectivity index (χ3n) is 12.0. The largest absolute Gasteiger partial charge is 0.472 e. The number of amides is 1. The molecule has 0 aromatic carbocycles. The van der Waals surface area contributed by atoms with Gasteiger partial charge in [-0.25, -0.2) is 4.57 Å². The van der Waals surface area contributed by atoms with Crippen molar-refractivity contribution in [2.45, 2.75) is 276 Å². The van der Waals surface area contributed by atoms with Crippen LogP contribution < -0.4 is 11.1 Å². The molecule has 0 fully saturated rings. The van der Waals surface area contributed by atoms with Crippen LogP contribution in [0.5, 0.6) is 0 Å². The fraction of sp³-hybridized carbons (Fsp3) is 0.868. The quantitative estimate of drug-likeness (QED) is 0.0230. The fourth-order valence-electron chi connectivity index (χ4n) is 7.97. The highest BCUT2D eigenvalue weighted by molar-refractivity contribution is 7.47. The Kier molecular flexibility index (Phi) is 47.6. The molecule has 0 aliphatic rings. The number of carbonyl (C=O) groups is 1. The smallest absolute Gasteiger partial charge is 0.393 e. The second kappa shape index (κ2) is 48.6. The van der Waals surface area contributed by atoms with E-state index in [2.05, 4.69) is 43.5 Å². The molecule has 0 spiro atoms. The van der Waals surface area contributed by atoms with E-state index in [0.29, 0.717) is 6.42 Å². The second-order valence-electron chi connectivity index (χ2n) is 18.3. The molecule has 0 aliphatic heterocycles. The number of aliphatic hydroxyl groups excluding tert-OH is 2. The topological polar surface area (TPSA) is 151 Å². The van der Waals surface area contributed by atoms with Crippen LogP contribution in [-0.2, 0) is 18.4 Å². The van der Waals surface area contributed by atoms with Crippen molar-refractivity contribution in [1.82, 2.24) is 5.32 Å². The first-order valence-electron chi connectivity index (χ1n) is 26.7. The van der Waals surface area contributed by atoms with Crippen LogP contribution in [0, 0.1) is 0 Å². The first-order valence-corrected chi connectivity index (χ1v) is 28.2. The summed E-state index contributed by atoms with van der Waals surface area (Å²) in [6, 6.07) is -0.988. The van der Waals surface area contributed by atoms with Crippen molar-refractivity contribution in [2.24, 2.45) is 5.73 Å². The van der Waals surface area contributed by atoms with E-state index in [1.54, 1.807) is 6.08 Å². The van der Waals surface area contributed by atoms with Crippen LogP contribution >= 0.6 is 7.82 Å². The number of rotatable bonds is 50. The van der Waals surface area contributed by atoms with Gasteiger partial charge in [0.25, 0.3) is 0 Å². The SMILES string of the molecule is CCCCCCCCCCC/C=C\C/C=C\CCCCCCCC(O)CC(=O)NC(COP(=O)(O)OCCN)C(O)/C=C/CCCCCCCCCCCCCCCCCCCC. The van der Waals surface area contributed by atoms with E-state index in [4.69, 9.17) is 14.8 Å². The molecule has 0 aliphatic carbocycles. The van der Waals surface area contributed by atoms with E-state index >= 15 is 0 Å². The van der Waals surface area contributed by atoms with Crippen LogP contribution in [0.3, 0.4) is 0 Å². The number of allylic oxidation sites excluding steroid dienone is 5. The lowest BCUT2D eigenvalue weighted by molar-refractivity contribution is -0.124. The summed E-state index contributed by atoms with van der Waals surface area (Å²) in [5, 5.41) is 24.2. The molecule has 372 valence electrons. The van der Waals surface area contributed by atoms with E-state index in [1.165, 1.54) is 167 Å². The van der Waals surface area contributed by atoms with Gasteiger partial charge in [-0.05, 0) is 51.4 Å². The van der Waals surface area contributed by atoms with Crippen molar-refractivity contribution in [3.8, 4) is 0 Å². The Hall–Kier alpha value is -1.32. The number of nitrogens with one attached hydrogen (secondary N) is 1. The van der Waals surface area contributed by atoms with Crippen LogP contribution in [0.4, 0.5) is 0 Å². The minimum absolute atomic E-state index is 0.0473. The third-order valence-corrected chi connectivity index (χ3v) is 13.0. The van der Waals surface area contributed by atoms with Crippen LogP contribution in [0.15, 0.2) is 36.5 Å². The minimum Gasteiger partial charge on any atom is -0.393 e. The number of phosphoric acid groups is 1. The summed E-state index contributed by atoms with van der Waals surface area (Å²) in [6.07, 6.45) is 56.7. The molecule has 1 amide bonds. The van der Waals surface area contributed by atoms with E-state index in [0.717, 1.165) is 64.2 Å². The fourth-order valence-corrected chi connectivity index (χ4v) is 8.73. The Labute approximate surface area is 389 Å².